The maximum Gasteiger partial charge on any atom is 0.315 e. The van der Waals surface area contributed by atoms with Gasteiger partial charge in [-0.25, -0.2) is 9.78 Å². The molecule has 2 rings (SSSR count). The number of aromatic nitrogens is 2. The standard InChI is InChI=1S/C8H12N4O/c1-6-7-4-11(8(9)13)2-3-12(7)5-10-6/h5H,2-4H2,1H3,(H2,9,13). The molecule has 5 heteroatoms. The zero-order chi connectivity index (χ0) is 9.42. The number of amides is 2. The van der Waals surface area contributed by atoms with Crippen molar-refractivity contribution >= 4 is 6.03 Å². The number of nitrogens with zero attached hydrogens (tertiary/aromatic N) is 3. The molecule has 0 radical (unpaired) electrons. The van der Waals surface area contributed by atoms with E-state index < -0.39 is 0 Å². The molecule has 0 atom stereocenters. The third-order valence-corrected chi connectivity index (χ3v) is 2.42. The van der Waals surface area contributed by atoms with Crippen molar-refractivity contribution in [1.29, 1.82) is 0 Å². The Morgan fingerprint density at radius 3 is 3.08 bits per heavy atom. The summed E-state index contributed by atoms with van der Waals surface area (Å²) in [5.41, 5.74) is 7.27. The molecule has 0 aromatic carbocycles. The first-order valence-electron chi connectivity index (χ1n) is 4.23. The number of hydrogen-bond acceptors (Lipinski definition) is 2. The van der Waals surface area contributed by atoms with Gasteiger partial charge in [0.05, 0.1) is 24.3 Å². The molecule has 0 bridgehead atoms. The van der Waals surface area contributed by atoms with Crippen LogP contribution in [0.2, 0.25) is 0 Å². The van der Waals surface area contributed by atoms with Crippen LogP contribution in [0.5, 0.6) is 0 Å². The number of urea groups is 1. The predicted molar refractivity (Wildman–Crippen MR) is 47.0 cm³/mol. The second-order valence-corrected chi connectivity index (χ2v) is 3.23. The number of rotatable bonds is 0. The average molecular weight is 180 g/mol. The third-order valence-electron chi connectivity index (χ3n) is 2.42. The molecule has 13 heavy (non-hydrogen) atoms. The molecule has 0 fully saturated rings. The largest absolute Gasteiger partial charge is 0.351 e. The van der Waals surface area contributed by atoms with Crippen molar-refractivity contribution in [1.82, 2.24) is 14.5 Å². The van der Waals surface area contributed by atoms with Gasteiger partial charge in [-0.2, -0.15) is 0 Å². The number of nitrogens with two attached hydrogens (primary N) is 1. The Labute approximate surface area is 76.2 Å². The summed E-state index contributed by atoms with van der Waals surface area (Å²) in [5, 5.41) is 0. The lowest BCUT2D eigenvalue weighted by atomic mass is 10.2. The van der Waals surface area contributed by atoms with E-state index in [2.05, 4.69) is 9.55 Å². The van der Waals surface area contributed by atoms with Crippen LogP contribution in [0.4, 0.5) is 4.79 Å². The molecular weight excluding hydrogens is 168 g/mol. The molecule has 2 amide bonds. The molecule has 0 saturated carbocycles. The van der Waals surface area contributed by atoms with E-state index in [-0.39, 0.29) is 6.03 Å². The van der Waals surface area contributed by atoms with Gasteiger partial charge < -0.3 is 15.2 Å². The van der Waals surface area contributed by atoms with Gasteiger partial charge in [0.2, 0.25) is 0 Å². The fourth-order valence-electron chi connectivity index (χ4n) is 1.58. The van der Waals surface area contributed by atoms with Gasteiger partial charge in [0, 0.05) is 13.1 Å². The average Bonchev–Trinajstić information content (AvgIpc) is 2.47. The van der Waals surface area contributed by atoms with Crippen LogP contribution >= 0.6 is 0 Å². The molecule has 2 heterocycles. The number of aryl methyl sites for hydroxylation is 1. The molecule has 0 aliphatic carbocycles. The van der Waals surface area contributed by atoms with E-state index >= 15 is 0 Å². The summed E-state index contributed by atoms with van der Waals surface area (Å²) in [6.45, 7) is 3.99. The van der Waals surface area contributed by atoms with Crippen LogP contribution in [0.3, 0.4) is 0 Å². The molecule has 1 aromatic rings. The van der Waals surface area contributed by atoms with Gasteiger partial charge in [0.15, 0.2) is 0 Å². The minimum atomic E-state index is -0.355. The minimum absolute atomic E-state index is 0.355. The predicted octanol–water partition coefficient (Wildman–Crippen LogP) is 0.0858. The lowest BCUT2D eigenvalue weighted by molar-refractivity contribution is 0.193. The van der Waals surface area contributed by atoms with Crippen molar-refractivity contribution in [3.05, 3.63) is 17.7 Å². The number of primary amides is 1. The monoisotopic (exact) mass is 180 g/mol. The van der Waals surface area contributed by atoms with Gasteiger partial charge in [-0.3, -0.25) is 0 Å². The zero-order valence-electron chi connectivity index (χ0n) is 7.53. The highest BCUT2D eigenvalue weighted by molar-refractivity contribution is 5.72. The number of fused-ring (bicyclic) bond motifs is 1. The summed E-state index contributed by atoms with van der Waals surface area (Å²) in [6.07, 6.45) is 1.81. The van der Waals surface area contributed by atoms with Crippen LogP contribution in [-0.2, 0) is 13.1 Å². The fourth-order valence-corrected chi connectivity index (χ4v) is 1.58. The SMILES string of the molecule is Cc1ncn2c1CN(C(N)=O)CC2. The lowest BCUT2D eigenvalue weighted by Gasteiger charge is -2.26. The number of carbonyl (C=O) groups excluding carboxylic acids is 1. The number of imidazole rings is 1. The number of hydrogen-bond donors (Lipinski definition) is 1. The normalized spacial score (nSPS) is 15.6. The molecule has 0 saturated heterocycles. The van der Waals surface area contributed by atoms with Crippen molar-refractivity contribution < 1.29 is 4.79 Å². The van der Waals surface area contributed by atoms with Crippen LogP contribution < -0.4 is 5.73 Å². The second-order valence-electron chi connectivity index (χ2n) is 3.23. The Bertz CT molecular complexity index is 344. The van der Waals surface area contributed by atoms with Crippen molar-refractivity contribution in [2.24, 2.45) is 5.73 Å². The summed E-state index contributed by atoms with van der Waals surface area (Å²) < 4.78 is 2.06. The first-order valence-corrected chi connectivity index (χ1v) is 4.23. The highest BCUT2D eigenvalue weighted by Crippen LogP contribution is 2.14. The minimum Gasteiger partial charge on any atom is -0.351 e. The fraction of sp³-hybridized carbons (Fsp3) is 0.500. The van der Waals surface area contributed by atoms with Gasteiger partial charge >= 0.3 is 6.03 Å². The Balaban J connectivity index is 2.27. The maximum absolute atomic E-state index is 10.9. The topological polar surface area (TPSA) is 64.2 Å². The van der Waals surface area contributed by atoms with E-state index in [9.17, 15) is 4.79 Å². The molecule has 0 unspecified atom stereocenters. The van der Waals surface area contributed by atoms with Gasteiger partial charge in [-0.05, 0) is 6.92 Å². The van der Waals surface area contributed by atoms with Crippen LogP contribution in [0.15, 0.2) is 6.33 Å². The van der Waals surface area contributed by atoms with Gasteiger partial charge in [-0.1, -0.05) is 0 Å². The molecule has 1 aromatic heterocycles. The molecule has 5 nitrogen and oxygen atoms in total. The molecule has 0 spiro atoms. The first kappa shape index (κ1) is 8.10. The summed E-state index contributed by atoms with van der Waals surface area (Å²) in [6, 6.07) is -0.355. The summed E-state index contributed by atoms with van der Waals surface area (Å²) in [7, 11) is 0. The smallest absolute Gasteiger partial charge is 0.315 e. The molecule has 2 N–H and O–H groups in total. The number of carbonyl (C=O) groups is 1. The van der Waals surface area contributed by atoms with Gasteiger partial charge in [0.25, 0.3) is 0 Å². The Morgan fingerprint density at radius 1 is 1.62 bits per heavy atom. The van der Waals surface area contributed by atoms with E-state index in [4.69, 9.17) is 5.73 Å². The van der Waals surface area contributed by atoms with Crippen LogP contribution in [0, 0.1) is 6.92 Å². The summed E-state index contributed by atoms with van der Waals surface area (Å²) in [5.74, 6) is 0. The summed E-state index contributed by atoms with van der Waals surface area (Å²) >= 11 is 0. The van der Waals surface area contributed by atoms with E-state index in [1.807, 2.05) is 13.3 Å². The van der Waals surface area contributed by atoms with Crippen LogP contribution in [0.25, 0.3) is 0 Å². The van der Waals surface area contributed by atoms with Crippen LogP contribution in [-0.4, -0.2) is 27.0 Å². The second kappa shape index (κ2) is 2.76. The quantitative estimate of drug-likeness (QED) is 0.614. The van der Waals surface area contributed by atoms with Crippen LogP contribution in [0.1, 0.15) is 11.4 Å². The van der Waals surface area contributed by atoms with E-state index in [0.29, 0.717) is 13.1 Å². The van der Waals surface area contributed by atoms with Crippen molar-refractivity contribution in [2.45, 2.75) is 20.0 Å². The Kier molecular flexibility index (Phi) is 1.72. The lowest BCUT2D eigenvalue weighted by Crippen LogP contribution is -2.41. The molecule has 70 valence electrons. The maximum atomic E-state index is 10.9. The van der Waals surface area contributed by atoms with Crippen molar-refractivity contribution in [3.8, 4) is 0 Å². The highest BCUT2D eigenvalue weighted by Gasteiger charge is 2.20. The van der Waals surface area contributed by atoms with E-state index in [1.165, 1.54) is 0 Å². The van der Waals surface area contributed by atoms with E-state index in [0.717, 1.165) is 17.9 Å². The van der Waals surface area contributed by atoms with Gasteiger partial charge in [0.1, 0.15) is 0 Å². The first-order chi connectivity index (χ1) is 6.18. The molecule has 1 aliphatic rings. The van der Waals surface area contributed by atoms with Crippen molar-refractivity contribution in [2.75, 3.05) is 6.54 Å². The Morgan fingerprint density at radius 2 is 2.38 bits per heavy atom. The zero-order valence-corrected chi connectivity index (χ0v) is 7.53. The Hall–Kier alpha value is -1.52. The molecular formula is C8H12N4O. The van der Waals surface area contributed by atoms with Crippen molar-refractivity contribution in [3.63, 3.8) is 0 Å². The van der Waals surface area contributed by atoms with Gasteiger partial charge in [-0.15, -0.1) is 0 Å². The summed E-state index contributed by atoms with van der Waals surface area (Å²) in [4.78, 5) is 16.7. The molecule has 1 aliphatic heterocycles. The highest BCUT2D eigenvalue weighted by atomic mass is 16.2. The van der Waals surface area contributed by atoms with E-state index in [1.54, 1.807) is 4.90 Å². The third kappa shape index (κ3) is 1.26.